The molecular weight excluding hydrogens is 352 g/mol. The molecule has 2 aromatic carbocycles. The molecule has 0 saturated heterocycles. The molecule has 2 rings (SSSR count). The zero-order valence-electron chi connectivity index (χ0n) is 11.8. The van der Waals surface area contributed by atoms with Crippen molar-refractivity contribution in [1.29, 1.82) is 0 Å². The molecule has 0 atom stereocenters. The lowest BCUT2D eigenvalue weighted by atomic mass is 10.1. The molecule has 0 amide bonds. The second-order valence-corrected chi connectivity index (χ2v) is 6.08. The highest BCUT2D eigenvalue weighted by Crippen LogP contribution is 2.30. The van der Waals surface area contributed by atoms with Gasteiger partial charge in [0.1, 0.15) is 11.5 Å². The number of carbonyl (C=O) groups excluding carboxylic acids is 1. The van der Waals surface area contributed by atoms with E-state index >= 15 is 0 Å². The van der Waals surface area contributed by atoms with Crippen LogP contribution in [-0.2, 0) is 0 Å². The quantitative estimate of drug-likeness (QED) is 0.559. The third-order valence-electron chi connectivity index (χ3n) is 2.90. The summed E-state index contributed by atoms with van der Waals surface area (Å²) in [7, 11) is 3.22. The Morgan fingerprint density at radius 1 is 1.10 bits per heavy atom. The minimum atomic E-state index is 0.0641. The van der Waals surface area contributed by atoms with Gasteiger partial charge in [0, 0.05) is 10.5 Å². The number of hydrogen-bond donors (Lipinski definition) is 0. The first kappa shape index (κ1) is 15.9. The molecule has 0 radical (unpaired) electrons. The van der Waals surface area contributed by atoms with Gasteiger partial charge < -0.3 is 9.47 Å². The number of halogens is 1. The van der Waals surface area contributed by atoms with Crippen molar-refractivity contribution in [2.24, 2.45) is 0 Å². The molecule has 0 bridgehead atoms. The molecular formula is C16H15BrO3S. The van der Waals surface area contributed by atoms with Gasteiger partial charge in [-0.1, -0.05) is 12.1 Å². The maximum Gasteiger partial charge on any atom is 0.173 e. The number of methoxy groups -OCH3 is 2. The zero-order chi connectivity index (χ0) is 15.2. The van der Waals surface area contributed by atoms with E-state index < -0.39 is 0 Å². The van der Waals surface area contributed by atoms with E-state index in [1.807, 2.05) is 24.3 Å². The highest BCUT2D eigenvalue weighted by Gasteiger charge is 2.11. The molecule has 0 unspecified atom stereocenters. The lowest BCUT2D eigenvalue weighted by Crippen LogP contribution is -2.03. The number of rotatable bonds is 6. The number of ether oxygens (including phenoxy) is 2. The van der Waals surface area contributed by atoms with Gasteiger partial charge in [-0.2, -0.15) is 0 Å². The Kier molecular flexibility index (Phi) is 5.70. The molecule has 0 spiro atoms. The Hall–Kier alpha value is -1.46. The molecule has 0 N–H and O–H groups in total. The predicted molar refractivity (Wildman–Crippen MR) is 88.7 cm³/mol. The number of hydrogen-bond acceptors (Lipinski definition) is 4. The summed E-state index contributed by atoms with van der Waals surface area (Å²) in [6, 6.07) is 13.0. The SMILES string of the molecule is COc1ccc(C(=O)CSc2ccccc2OC)cc1Br. The number of carbonyl (C=O) groups is 1. The maximum absolute atomic E-state index is 12.2. The average molecular weight is 367 g/mol. The number of benzene rings is 2. The van der Waals surface area contributed by atoms with Crippen molar-refractivity contribution in [3.8, 4) is 11.5 Å². The number of Topliss-reactive ketones (excluding diaryl/α,β-unsaturated/α-hetero) is 1. The first-order valence-corrected chi connectivity index (χ1v) is 8.06. The molecule has 3 nitrogen and oxygen atoms in total. The van der Waals surface area contributed by atoms with Crippen molar-refractivity contribution in [3.05, 3.63) is 52.5 Å². The summed E-state index contributed by atoms with van der Waals surface area (Å²) >= 11 is 4.86. The number of para-hydroxylation sites is 1. The lowest BCUT2D eigenvalue weighted by Gasteiger charge is -2.08. The molecule has 0 saturated carbocycles. The summed E-state index contributed by atoms with van der Waals surface area (Å²) < 4.78 is 11.2. The van der Waals surface area contributed by atoms with Gasteiger partial charge in [-0.05, 0) is 46.3 Å². The topological polar surface area (TPSA) is 35.5 Å². The standard InChI is InChI=1S/C16H15BrO3S/c1-19-14-8-7-11(9-12(14)17)13(18)10-21-16-6-4-3-5-15(16)20-2/h3-9H,10H2,1-2H3. The molecule has 2 aromatic rings. The van der Waals surface area contributed by atoms with Gasteiger partial charge in [-0.15, -0.1) is 11.8 Å². The second kappa shape index (κ2) is 7.52. The van der Waals surface area contributed by atoms with Gasteiger partial charge in [0.15, 0.2) is 5.78 Å². The van der Waals surface area contributed by atoms with E-state index in [0.717, 1.165) is 15.1 Å². The third-order valence-corrected chi connectivity index (χ3v) is 4.58. The van der Waals surface area contributed by atoms with Crippen LogP contribution in [-0.4, -0.2) is 25.8 Å². The van der Waals surface area contributed by atoms with Crippen LogP contribution < -0.4 is 9.47 Å². The average Bonchev–Trinajstić information content (AvgIpc) is 2.52. The molecule has 0 aliphatic heterocycles. The minimum absolute atomic E-state index is 0.0641. The molecule has 0 aliphatic rings. The van der Waals surface area contributed by atoms with Crippen LogP contribution in [0.3, 0.4) is 0 Å². The Labute approximate surface area is 136 Å². The number of thioether (sulfide) groups is 1. The van der Waals surface area contributed by atoms with E-state index in [-0.39, 0.29) is 5.78 Å². The molecule has 21 heavy (non-hydrogen) atoms. The summed E-state index contributed by atoms with van der Waals surface area (Å²) in [5.41, 5.74) is 0.657. The van der Waals surface area contributed by atoms with Gasteiger partial charge in [0.05, 0.1) is 24.4 Å². The van der Waals surface area contributed by atoms with Gasteiger partial charge in [-0.25, -0.2) is 0 Å². The Morgan fingerprint density at radius 2 is 1.81 bits per heavy atom. The molecule has 0 fully saturated rings. The Morgan fingerprint density at radius 3 is 2.48 bits per heavy atom. The predicted octanol–water partition coefficient (Wildman–Crippen LogP) is 4.44. The first-order chi connectivity index (χ1) is 10.2. The summed E-state index contributed by atoms with van der Waals surface area (Å²) in [6.07, 6.45) is 0. The fourth-order valence-electron chi connectivity index (χ4n) is 1.80. The van der Waals surface area contributed by atoms with Crippen LogP contribution in [0, 0.1) is 0 Å². The normalized spacial score (nSPS) is 10.2. The molecule has 110 valence electrons. The highest BCUT2D eigenvalue weighted by molar-refractivity contribution is 9.10. The summed E-state index contributed by atoms with van der Waals surface area (Å²) in [4.78, 5) is 13.2. The minimum Gasteiger partial charge on any atom is -0.496 e. The summed E-state index contributed by atoms with van der Waals surface area (Å²) in [5.74, 6) is 1.92. The Bertz CT molecular complexity index is 643. The first-order valence-electron chi connectivity index (χ1n) is 6.28. The third kappa shape index (κ3) is 4.02. The number of ketones is 1. The lowest BCUT2D eigenvalue weighted by molar-refractivity contribution is 0.102. The maximum atomic E-state index is 12.2. The molecule has 5 heteroatoms. The monoisotopic (exact) mass is 366 g/mol. The van der Waals surface area contributed by atoms with E-state index in [2.05, 4.69) is 15.9 Å². The molecule has 0 heterocycles. The van der Waals surface area contributed by atoms with Crippen molar-refractivity contribution >= 4 is 33.5 Å². The van der Waals surface area contributed by atoms with Crippen molar-refractivity contribution in [1.82, 2.24) is 0 Å². The van der Waals surface area contributed by atoms with Crippen molar-refractivity contribution in [2.45, 2.75) is 4.90 Å². The fourth-order valence-corrected chi connectivity index (χ4v) is 3.27. The van der Waals surface area contributed by atoms with Crippen LogP contribution in [0.2, 0.25) is 0 Å². The van der Waals surface area contributed by atoms with Crippen LogP contribution >= 0.6 is 27.7 Å². The van der Waals surface area contributed by atoms with Gasteiger partial charge in [0.25, 0.3) is 0 Å². The molecule has 0 aromatic heterocycles. The summed E-state index contributed by atoms with van der Waals surface area (Å²) in [5, 5.41) is 0. The van der Waals surface area contributed by atoms with E-state index in [4.69, 9.17) is 9.47 Å². The Balaban J connectivity index is 2.06. The largest absolute Gasteiger partial charge is 0.496 e. The van der Waals surface area contributed by atoms with Gasteiger partial charge >= 0.3 is 0 Å². The van der Waals surface area contributed by atoms with Crippen molar-refractivity contribution in [3.63, 3.8) is 0 Å². The van der Waals surface area contributed by atoms with Crippen LogP contribution in [0.5, 0.6) is 11.5 Å². The van der Waals surface area contributed by atoms with Crippen molar-refractivity contribution in [2.75, 3.05) is 20.0 Å². The summed E-state index contributed by atoms with van der Waals surface area (Å²) in [6.45, 7) is 0. The smallest absolute Gasteiger partial charge is 0.173 e. The van der Waals surface area contributed by atoms with E-state index in [1.54, 1.807) is 32.4 Å². The van der Waals surface area contributed by atoms with Gasteiger partial charge in [-0.3, -0.25) is 4.79 Å². The zero-order valence-corrected chi connectivity index (χ0v) is 14.2. The highest BCUT2D eigenvalue weighted by atomic mass is 79.9. The second-order valence-electron chi connectivity index (χ2n) is 4.21. The fraction of sp³-hybridized carbons (Fsp3) is 0.188. The van der Waals surface area contributed by atoms with Crippen LogP contribution in [0.15, 0.2) is 51.8 Å². The van der Waals surface area contributed by atoms with Crippen LogP contribution in [0.25, 0.3) is 0 Å². The van der Waals surface area contributed by atoms with Gasteiger partial charge in [0.2, 0.25) is 0 Å². The van der Waals surface area contributed by atoms with Crippen LogP contribution in [0.4, 0.5) is 0 Å². The van der Waals surface area contributed by atoms with E-state index in [0.29, 0.717) is 17.1 Å². The van der Waals surface area contributed by atoms with Crippen molar-refractivity contribution < 1.29 is 14.3 Å². The van der Waals surface area contributed by atoms with E-state index in [1.165, 1.54) is 11.8 Å². The van der Waals surface area contributed by atoms with Crippen LogP contribution in [0.1, 0.15) is 10.4 Å². The molecule has 0 aliphatic carbocycles. The van der Waals surface area contributed by atoms with E-state index in [9.17, 15) is 4.79 Å².